The summed E-state index contributed by atoms with van der Waals surface area (Å²) < 4.78 is 5.18. The van der Waals surface area contributed by atoms with Crippen molar-refractivity contribution in [2.45, 2.75) is 12.8 Å². The predicted octanol–water partition coefficient (Wildman–Crippen LogP) is 1.83. The highest BCUT2D eigenvalue weighted by atomic mass is 16.5. The summed E-state index contributed by atoms with van der Waals surface area (Å²) in [4.78, 5) is 0. The average molecular weight is 186 g/mol. The van der Waals surface area contributed by atoms with Crippen LogP contribution in [-0.4, -0.2) is 7.11 Å². The van der Waals surface area contributed by atoms with Crippen molar-refractivity contribution < 1.29 is 4.74 Å². The van der Waals surface area contributed by atoms with Gasteiger partial charge in [0.25, 0.3) is 0 Å². The summed E-state index contributed by atoms with van der Waals surface area (Å²) in [5.74, 6) is 0.663. The summed E-state index contributed by atoms with van der Waals surface area (Å²) >= 11 is 0. The number of para-hydroxylation sites is 1. The highest BCUT2D eigenvalue weighted by Gasteiger charge is 2.07. The maximum atomic E-state index is 8.59. The molecule has 0 heterocycles. The fourth-order valence-electron chi connectivity index (χ4n) is 1.35. The molecule has 3 nitrogen and oxygen atoms in total. The van der Waals surface area contributed by atoms with Gasteiger partial charge in [0.1, 0.15) is 5.75 Å². The number of hydrogen-bond donors (Lipinski definition) is 0. The first-order chi connectivity index (χ1) is 6.83. The molecule has 1 rings (SSSR count). The van der Waals surface area contributed by atoms with E-state index < -0.39 is 0 Å². The number of hydrogen-bond acceptors (Lipinski definition) is 3. The van der Waals surface area contributed by atoms with E-state index >= 15 is 0 Å². The molecule has 0 amide bonds. The van der Waals surface area contributed by atoms with Crippen molar-refractivity contribution in [3.05, 3.63) is 29.3 Å². The van der Waals surface area contributed by atoms with E-state index in [0.717, 1.165) is 11.1 Å². The van der Waals surface area contributed by atoms with E-state index in [4.69, 9.17) is 15.3 Å². The lowest BCUT2D eigenvalue weighted by atomic mass is 10.0. The number of benzene rings is 1. The van der Waals surface area contributed by atoms with Crippen LogP contribution in [0.2, 0.25) is 0 Å². The first-order valence-corrected chi connectivity index (χ1v) is 4.22. The quantitative estimate of drug-likeness (QED) is 0.723. The minimum absolute atomic E-state index is 0.308. The molecule has 0 spiro atoms. The van der Waals surface area contributed by atoms with Gasteiger partial charge >= 0.3 is 0 Å². The van der Waals surface area contributed by atoms with Crippen molar-refractivity contribution in [1.29, 1.82) is 10.5 Å². The molecule has 0 bridgehead atoms. The molecular formula is C11H10N2O. The number of methoxy groups -OCH3 is 1. The number of nitriles is 2. The zero-order valence-corrected chi connectivity index (χ0v) is 7.95. The molecule has 0 aliphatic carbocycles. The minimum atomic E-state index is 0.308. The van der Waals surface area contributed by atoms with Gasteiger partial charge in [0.2, 0.25) is 0 Å². The minimum Gasteiger partial charge on any atom is -0.496 e. The van der Waals surface area contributed by atoms with E-state index in [1.807, 2.05) is 18.2 Å². The number of rotatable bonds is 3. The van der Waals surface area contributed by atoms with E-state index in [2.05, 4.69) is 12.1 Å². The topological polar surface area (TPSA) is 56.8 Å². The molecule has 0 fully saturated rings. The normalized spacial score (nSPS) is 8.79. The summed E-state index contributed by atoms with van der Waals surface area (Å²) in [7, 11) is 1.55. The molecule has 0 saturated heterocycles. The first kappa shape index (κ1) is 10.1. The summed E-state index contributed by atoms with van der Waals surface area (Å²) in [5.41, 5.74) is 1.67. The van der Waals surface area contributed by atoms with Gasteiger partial charge in [0.05, 0.1) is 32.1 Å². The van der Waals surface area contributed by atoms with Gasteiger partial charge in [-0.15, -0.1) is 0 Å². The molecule has 0 aromatic heterocycles. The lowest BCUT2D eigenvalue weighted by Gasteiger charge is -2.09. The second kappa shape index (κ2) is 4.89. The fourth-order valence-corrected chi connectivity index (χ4v) is 1.35. The van der Waals surface area contributed by atoms with Crippen LogP contribution in [0.15, 0.2) is 18.2 Å². The Morgan fingerprint density at radius 3 is 2.00 bits per heavy atom. The average Bonchev–Trinajstić information content (AvgIpc) is 2.19. The Kier molecular flexibility index (Phi) is 3.52. The maximum absolute atomic E-state index is 8.59. The van der Waals surface area contributed by atoms with Gasteiger partial charge in [0.15, 0.2) is 0 Å². The van der Waals surface area contributed by atoms with Gasteiger partial charge in [0, 0.05) is 11.1 Å². The van der Waals surface area contributed by atoms with Crippen molar-refractivity contribution in [2.75, 3.05) is 7.11 Å². The predicted molar refractivity (Wildman–Crippen MR) is 51.6 cm³/mol. The molecule has 0 aliphatic heterocycles. The van der Waals surface area contributed by atoms with E-state index in [1.165, 1.54) is 0 Å². The summed E-state index contributed by atoms with van der Waals surface area (Å²) in [6.45, 7) is 0. The fraction of sp³-hybridized carbons (Fsp3) is 0.273. The molecular weight excluding hydrogens is 176 g/mol. The Hall–Kier alpha value is -2.00. The van der Waals surface area contributed by atoms with Crippen LogP contribution >= 0.6 is 0 Å². The van der Waals surface area contributed by atoms with Crippen LogP contribution in [0.5, 0.6) is 5.75 Å². The lowest BCUT2D eigenvalue weighted by Crippen LogP contribution is -1.96. The van der Waals surface area contributed by atoms with Gasteiger partial charge < -0.3 is 4.74 Å². The van der Waals surface area contributed by atoms with Crippen LogP contribution in [0, 0.1) is 22.7 Å². The summed E-state index contributed by atoms with van der Waals surface area (Å²) in [6.07, 6.45) is 0.616. The van der Waals surface area contributed by atoms with Crippen LogP contribution < -0.4 is 4.74 Å². The monoisotopic (exact) mass is 186 g/mol. The third kappa shape index (κ3) is 2.02. The van der Waals surface area contributed by atoms with Crippen LogP contribution in [-0.2, 0) is 12.8 Å². The molecule has 0 aliphatic rings. The highest BCUT2D eigenvalue weighted by Crippen LogP contribution is 2.24. The first-order valence-electron chi connectivity index (χ1n) is 4.22. The SMILES string of the molecule is COc1c(CC#N)cccc1CC#N. The molecule has 0 radical (unpaired) electrons. The smallest absolute Gasteiger partial charge is 0.127 e. The van der Waals surface area contributed by atoms with Crippen molar-refractivity contribution in [3.63, 3.8) is 0 Å². The Bertz CT molecular complexity index is 364. The van der Waals surface area contributed by atoms with Crippen molar-refractivity contribution in [2.24, 2.45) is 0 Å². The lowest BCUT2D eigenvalue weighted by molar-refractivity contribution is 0.407. The second-order valence-electron chi connectivity index (χ2n) is 2.78. The van der Waals surface area contributed by atoms with Crippen LogP contribution in [0.25, 0.3) is 0 Å². The zero-order chi connectivity index (χ0) is 10.4. The largest absolute Gasteiger partial charge is 0.496 e. The van der Waals surface area contributed by atoms with Gasteiger partial charge in [-0.05, 0) is 0 Å². The third-order valence-corrected chi connectivity index (χ3v) is 1.92. The van der Waals surface area contributed by atoms with E-state index in [9.17, 15) is 0 Å². The third-order valence-electron chi connectivity index (χ3n) is 1.92. The van der Waals surface area contributed by atoms with E-state index in [1.54, 1.807) is 7.11 Å². The molecule has 1 aromatic carbocycles. The van der Waals surface area contributed by atoms with Crippen molar-refractivity contribution >= 4 is 0 Å². The van der Waals surface area contributed by atoms with Gasteiger partial charge in [-0.25, -0.2) is 0 Å². The molecule has 0 atom stereocenters. The molecule has 3 heteroatoms. The molecule has 0 unspecified atom stereocenters. The summed E-state index contributed by atoms with van der Waals surface area (Å²) in [6, 6.07) is 9.64. The molecule has 14 heavy (non-hydrogen) atoms. The zero-order valence-electron chi connectivity index (χ0n) is 7.95. The van der Waals surface area contributed by atoms with Gasteiger partial charge in [-0.2, -0.15) is 10.5 Å². The molecule has 70 valence electrons. The highest BCUT2D eigenvalue weighted by molar-refractivity contribution is 5.43. The Balaban J connectivity index is 3.13. The Labute approximate surface area is 83.2 Å². The second-order valence-corrected chi connectivity index (χ2v) is 2.78. The number of nitrogens with zero attached hydrogens (tertiary/aromatic N) is 2. The van der Waals surface area contributed by atoms with Crippen LogP contribution in [0.3, 0.4) is 0 Å². The van der Waals surface area contributed by atoms with Crippen LogP contribution in [0.1, 0.15) is 11.1 Å². The molecule has 0 N–H and O–H groups in total. The summed E-state index contributed by atoms with van der Waals surface area (Å²) in [5, 5.41) is 17.2. The van der Waals surface area contributed by atoms with Crippen molar-refractivity contribution in [1.82, 2.24) is 0 Å². The van der Waals surface area contributed by atoms with Gasteiger partial charge in [-0.3, -0.25) is 0 Å². The number of ether oxygens (including phenoxy) is 1. The van der Waals surface area contributed by atoms with Crippen molar-refractivity contribution in [3.8, 4) is 17.9 Å². The maximum Gasteiger partial charge on any atom is 0.127 e. The van der Waals surface area contributed by atoms with Gasteiger partial charge in [-0.1, -0.05) is 18.2 Å². The van der Waals surface area contributed by atoms with E-state index in [-0.39, 0.29) is 0 Å². The van der Waals surface area contributed by atoms with Crippen LogP contribution in [0.4, 0.5) is 0 Å². The standard InChI is InChI=1S/C11H10N2O/c1-14-11-9(5-7-12)3-2-4-10(11)6-8-13/h2-4H,5-6H2,1H3. The molecule has 1 aromatic rings. The molecule has 0 saturated carbocycles. The van der Waals surface area contributed by atoms with E-state index in [0.29, 0.717) is 18.6 Å². The Morgan fingerprint density at radius 2 is 1.64 bits per heavy atom. The Morgan fingerprint density at radius 1 is 1.14 bits per heavy atom.